The lowest BCUT2D eigenvalue weighted by Crippen LogP contribution is -2.48. The van der Waals surface area contributed by atoms with Crippen LogP contribution in [0.1, 0.15) is 18.9 Å². The predicted octanol–water partition coefficient (Wildman–Crippen LogP) is 6.28. The van der Waals surface area contributed by atoms with E-state index in [2.05, 4.69) is 4.98 Å². The Labute approximate surface area is 262 Å². The summed E-state index contributed by atoms with van der Waals surface area (Å²) in [5, 5.41) is -0.883. The van der Waals surface area contributed by atoms with Gasteiger partial charge in [-0.25, -0.2) is 26.5 Å². The molecule has 1 saturated heterocycles. The van der Waals surface area contributed by atoms with Crippen LogP contribution >= 0.6 is 11.6 Å². The van der Waals surface area contributed by atoms with Gasteiger partial charge in [0.2, 0.25) is 5.95 Å². The smallest absolute Gasteiger partial charge is 0.397 e. The van der Waals surface area contributed by atoms with Gasteiger partial charge in [0.1, 0.15) is 28.2 Å². The molecule has 1 aliphatic rings. The van der Waals surface area contributed by atoms with Crippen LogP contribution in [0.15, 0.2) is 47.4 Å². The van der Waals surface area contributed by atoms with Gasteiger partial charge in [-0.15, -0.1) is 0 Å². The highest BCUT2D eigenvalue weighted by molar-refractivity contribution is 7.92. The average molecular weight is 681 g/mol. The number of hydrogen-bond donors (Lipinski definition) is 0. The third-order valence-corrected chi connectivity index (χ3v) is 9.96. The number of halogens is 7. The minimum absolute atomic E-state index is 0.149. The molecule has 0 radical (unpaired) electrons. The Balaban J connectivity index is 1.80. The SMILES string of the molecule is CCN(C)C[C@@]1(C(F)(F)F)CCN(c2cc(F)c(S(=O)(=O)N(Cc3ccc(OC)cc3OC)c3cccc(F)n3)c(F)c2Cl)C1. The molecule has 0 N–H and O–H groups in total. The lowest BCUT2D eigenvalue weighted by molar-refractivity contribution is -0.220. The summed E-state index contributed by atoms with van der Waals surface area (Å²) in [4.78, 5) is 4.70. The van der Waals surface area contributed by atoms with Gasteiger partial charge in [-0.3, -0.25) is 0 Å². The van der Waals surface area contributed by atoms with Crippen molar-refractivity contribution in [2.75, 3.05) is 56.7 Å². The number of pyridine rings is 1. The molecule has 1 aromatic heterocycles. The molecular formula is C29H31ClF6N4O4S. The highest BCUT2D eigenvalue weighted by atomic mass is 35.5. The van der Waals surface area contributed by atoms with Gasteiger partial charge in [-0.05, 0) is 44.3 Å². The normalized spacial score (nSPS) is 17.2. The minimum atomic E-state index is -5.22. The Hall–Kier alpha value is -3.43. The molecule has 0 aliphatic carbocycles. The number of nitrogens with zero attached hydrogens (tertiary/aromatic N) is 4. The van der Waals surface area contributed by atoms with Crippen molar-refractivity contribution < 1.29 is 44.2 Å². The minimum Gasteiger partial charge on any atom is -0.497 e. The Bertz CT molecular complexity index is 1660. The van der Waals surface area contributed by atoms with E-state index in [0.717, 1.165) is 23.1 Å². The van der Waals surface area contributed by atoms with Gasteiger partial charge in [-0.1, -0.05) is 24.6 Å². The topological polar surface area (TPSA) is 75.2 Å². The molecule has 1 aliphatic heterocycles. The molecule has 8 nitrogen and oxygen atoms in total. The van der Waals surface area contributed by atoms with Crippen molar-refractivity contribution in [3.63, 3.8) is 0 Å². The van der Waals surface area contributed by atoms with Gasteiger partial charge in [0, 0.05) is 37.3 Å². The predicted molar refractivity (Wildman–Crippen MR) is 157 cm³/mol. The zero-order chi connectivity index (χ0) is 33.3. The quantitative estimate of drug-likeness (QED) is 0.134. The van der Waals surface area contributed by atoms with Crippen molar-refractivity contribution in [3.05, 3.63) is 70.6 Å². The van der Waals surface area contributed by atoms with Crippen LogP contribution in [-0.4, -0.2) is 71.9 Å². The molecule has 0 amide bonds. The van der Waals surface area contributed by atoms with Crippen LogP contribution in [0.5, 0.6) is 11.5 Å². The first-order chi connectivity index (χ1) is 21.1. The van der Waals surface area contributed by atoms with Crippen molar-refractivity contribution in [2.24, 2.45) is 5.41 Å². The fourth-order valence-corrected chi connectivity index (χ4v) is 7.10. The number of methoxy groups -OCH3 is 2. The second-order valence-corrected chi connectivity index (χ2v) is 12.8. The molecule has 2 heterocycles. The summed E-state index contributed by atoms with van der Waals surface area (Å²) in [5.74, 6) is -4.39. The Morgan fingerprint density at radius 3 is 2.40 bits per heavy atom. The van der Waals surface area contributed by atoms with Crippen LogP contribution < -0.4 is 18.7 Å². The van der Waals surface area contributed by atoms with E-state index in [1.165, 1.54) is 44.4 Å². The van der Waals surface area contributed by atoms with E-state index in [0.29, 0.717) is 22.7 Å². The van der Waals surface area contributed by atoms with E-state index in [4.69, 9.17) is 21.1 Å². The van der Waals surface area contributed by atoms with Crippen molar-refractivity contribution in [1.82, 2.24) is 9.88 Å². The van der Waals surface area contributed by atoms with E-state index >= 15 is 8.78 Å². The molecule has 16 heteroatoms. The van der Waals surface area contributed by atoms with E-state index < -0.39 is 73.7 Å². The number of rotatable bonds is 11. The molecule has 1 fully saturated rings. The number of alkyl halides is 3. The standard InChI is InChI=1S/C29H31ClF6N4O4S/c1-5-38(2)16-28(29(34,35)36)11-12-39(17-28)21-14-20(31)27(26(33)25(21)30)45(41,42)40(24-8-6-7-23(32)37-24)15-18-9-10-19(43-3)13-22(18)44-4/h6-10,13-14H,5,11-12,15-17H2,1-4H3/t28-/m0/s1. The summed E-state index contributed by atoms with van der Waals surface area (Å²) < 4.78 is 128. The molecule has 0 unspecified atom stereocenters. The zero-order valence-corrected chi connectivity index (χ0v) is 26.3. The number of ether oxygens (including phenoxy) is 2. The van der Waals surface area contributed by atoms with Crippen LogP contribution in [0, 0.1) is 23.0 Å². The van der Waals surface area contributed by atoms with Gasteiger partial charge >= 0.3 is 6.18 Å². The van der Waals surface area contributed by atoms with Crippen LogP contribution in [-0.2, 0) is 16.6 Å². The first-order valence-corrected chi connectivity index (χ1v) is 15.4. The van der Waals surface area contributed by atoms with E-state index in [9.17, 15) is 26.0 Å². The van der Waals surface area contributed by atoms with Crippen molar-refractivity contribution in [2.45, 2.75) is 31.0 Å². The molecule has 246 valence electrons. The van der Waals surface area contributed by atoms with Crippen molar-refractivity contribution in [1.29, 1.82) is 0 Å². The number of aromatic nitrogens is 1. The molecule has 3 aromatic rings. The molecule has 4 rings (SSSR count). The fraction of sp³-hybridized carbons (Fsp3) is 0.414. The molecule has 0 saturated carbocycles. The number of sulfonamides is 1. The van der Waals surface area contributed by atoms with Crippen LogP contribution in [0.4, 0.5) is 37.8 Å². The first-order valence-electron chi connectivity index (χ1n) is 13.6. The molecular weight excluding hydrogens is 650 g/mol. The fourth-order valence-electron chi connectivity index (χ4n) is 5.26. The van der Waals surface area contributed by atoms with Crippen LogP contribution in [0.3, 0.4) is 0 Å². The molecule has 0 spiro atoms. The summed E-state index contributed by atoms with van der Waals surface area (Å²) in [5.41, 5.74) is -2.44. The maximum Gasteiger partial charge on any atom is 0.397 e. The zero-order valence-electron chi connectivity index (χ0n) is 24.8. The van der Waals surface area contributed by atoms with Gasteiger partial charge in [0.05, 0.1) is 31.9 Å². The second-order valence-electron chi connectivity index (χ2n) is 10.6. The van der Waals surface area contributed by atoms with Gasteiger partial charge in [0.15, 0.2) is 10.7 Å². The highest BCUT2D eigenvalue weighted by Crippen LogP contribution is 2.48. The van der Waals surface area contributed by atoms with E-state index in [1.807, 2.05) is 0 Å². The summed E-state index contributed by atoms with van der Waals surface area (Å²) in [6, 6.07) is 8.20. The Kier molecular flexibility index (Phi) is 10.0. The van der Waals surface area contributed by atoms with Crippen LogP contribution in [0.2, 0.25) is 5.02 Å². The van der Waals surface area contributed by atoms with Gasteiger partial charge in [-0.2, -0.15) is 17.6 Å². The monoisotopic (exact) mass is 680 g/mol. The second kappa shape index (κ2) is 13.1. The van der Waals surface area contributed by atoms with E-state index in [-0.39, 0.29) is 30.8 Å². The lowest BCUT2D eigenvalue weighted by Gasteiger charge is -2.35. The van der Waals surface area contributed by atoms with Crippen molar-refractivity contribution >= 4 is 33.1 Å². The summed E-state index contributed by atoms with van der Waals surface area (Å²) >= 11 is 6.25. The largest absolute Gasteiger partial charge is 0.497 e. The number of hydrogen-bond acceptors (Lipinski definition) is 7. The van der Waals surface area contributed by atoms with Crippen molar-refractivity contribution in [3.8, 4) is 11.5 Å². The summed E-state index contributed by atoms with van der Waals surface area (Å²) in [6.07, 6.45) is -5.01. The summed E-state index contributed by atoms with van der Waals surface area (Å²) in [6.45, 7) is 0.178. The maximum atomic E-state index is 15.9. The molecule has 1 atom stereocenters. The number of anilines is 2. The number of benzene rings is 2. The summed E-state index contributed by atoms with van der Waals surface area (Å²) in [7, 11) is -0.985. The van der Waals surface area contributed by atoms with Gasteiger partial charge < -0.3 is 19.3 Å². The molecule has 45 heavy (non-hydrogen) atoms. The maximum absolute atomic E-state index is 15.9. The first kappa shape index (κ1) is 34.4. The average Bonchev–Trinajstić information content (AvgIpc) is 3.42. The highest BCUT2D eigenvalue weighted by Gasteiger charge is 2.58. The lowest BCUT2D eigenvalue weighted by atomic mass is 9.85. The Morgan fingerprint density at radius 1 is 1.09 bits per heavy atom. The Morgan fingerprint density at radius 2 is 1.80 bits per heavy atom. The molecule has 0 bridgehead atoms. The third kappa shape index (κ3) is 6.75. The third-order valence-electron chi connectivity index (χ3n) is 7.82. The van der Waals surface area contributed by atoms with Crippen LogP contribution in [0.25, 0.3) is 0 Å². The molecule has 2 aromatic carbocycles. The van der Waals surface area contributed by atoms with Gasteiger partial charge in [0.25, 0.3) is 10.0 Å². The van der Waals surface area contributed by atoms with E-state index in [1.54, 1.807) is 6.92 Å².